The number of nitrogens with one attached hydrogen (secondary N) is 2. The molecule has 0 spiro atoms. The van der Waals surface area contributed by atoms with Crippen molar-refractivity contribution in [3.05, 3.63) is 29.8 Å². The zero-order valence-electron chi connectivity index (χ0n) is 16.0. The Morgan fingerprint density at radius 3 is 2.73 bits per heavy atom. The molecule has 1 heterocycles. The first-order chi connectivity index (χ1) is 12.7. The molecular weight excluding hydrogens is 332 g/mol. The van der Waals surface area contributed by atoms with Crippen molar-refractivity contribution in [2.75, 3.05) is 33.4 Å². The standard InChI is InChI=1S/C19H30N4O3/c1-4-20-18(21-14-15-7-6-8-17(13-15)25-3)22-16-9-11-23(12-10-16)19(24)26-5-2/h6-8,13,16H,4-5,9-12,14H2,1-3H3,(H2,20,21,22). The van der Waals surface area contributed by atoms with Gasteiger partial charge in [0.05, 0.1) is 20.3 Å². The fourth-order valence-corrected chi connectivity index (χ4v) is 2.88. The zero-order valence-corrected chi connectivity index (χ0v) is 16.0. The first-order valence-electron chi connectivity index (χ1n) is 9.25. The zero-order chi connectivity index (χ0) is 18.8. The molecule has 1 aromatic rings. The lowest BCUT2D eigenvalue weighted by molar-refractivity contribution is 0.0963. The summed E-state index contributed by atoms with van der Waals surface area (Å²) in [6, 6.07) is 8.21. The number of methoxy groups -OCH3 is 1. The van der Waals surface area contributed by atoms with E-state index in [4.69, 9.17) is 9.47 Å². The predicted octanol–water partition coefficient (Wildman–Crippen LogP) is 2.37. The molecule has 0 atom stereocenters. The second-order valence-electron chi connectivity index (χ2n) is 6.15. The van der Waals surface area contributed by atoms with E-state index in [1.54, 1.807) is 12.0 Å². The molecule has 7 heteroatoms. The summed E-state index contributed by atoms with van der Waals surface area (Å²) >= 11 is 0. The van der Waals surface area contributed by atoms with Crippen molar-refractivity contribution in [2.24, 2.45) is 4.99 Å². The molecule has 0 unspecified atom stereocenters. The van der Waals surface area contributed by atoms with Crippen molar-refractivity contribution < 1.29 is 14.3 Å². The number of rotatable bonds is 6. The number of nitrogens with zero attached hydrogens (tertiary/aromatic N) is 2. The molecule has 2 rings (SSSR count). The van der Waals surface area contributed by atoms with Crippen LogP contribution < -0.4 is 15.4 Å². The highest BCUT2D eigenvalue weighted by Gasteiger charge is 2.23. The fourth-order valence-electron chi connectivity index (χ4n) is 2.88. The number of carbonyl (C=O) groups is 1. The lowest BCUT2D eigenvalue weighted by atomic mass is 10.1. The minimum absolute atomic E-state index is 0.218. The highest BCUT2D eigenvalue weighted by molar-refractivity contribution is 5.80. The largest absolute Gasteiger partial charge is 0.497 e. The molecule has 144 valence electrons. The summed E-state index contributed by atoms with van der Waals surface area (Å²) < 4.78 is 10.3. The number of likely N-dealkylation sites (tertiary alicyclic amines) is 1. The Labute approximate surface area is 155 Å². The second-order valence-corrected chi connectivity index (χ2v) is 6.15. The molecule has 7 nitrogen and oxygen atoms in total. The van der Waals surface area contributed by atoms with E-state index < -0.39 is 0 Å². The van der Waals surface area contributed by atoms with Crippen molar-refractivity contribution >= 4 is 12.1 Å². The van der Waals surface area contributed by atoms with Crippen molar-refractivity contribution in [1.29, 1.82) is 0 Å². The van der Waals surface area contributed by atoms with E-state index in [0.717, 1.165) is 36.7 Å². The first-order valence-corrected chi connectivity index (χ1v) is 9.25. The molecule has 1 aromatic carbocycles. The Kier molecular flexibility index (Phi) is 8.05. The van der Waals surface area contributed by atoms with E-state index in [2.05, 4.69) is 15.6 Å². The molecule has 1 fully saturated rings. The maximum absolute atomic E-state index is 11.8. The average Bonchev–Trinajstić information content (AvgIpc) is 2.67. The molecule has 1 aliphatic rings. The molecule has 26 heavy (non-hydrogen) atoms. The van der Waals surface area contributed by atoms with Crippen LogP contribution in [0.5, 0.6) is 5.75 Å². The van der Waals surface area contributed by atoms with Gasteiger partial charge in [0.2, 0.25) is 0 Å². The van der Waals surface area contributed by atoms with Crippen molar-refractivity contribution in [3.8, 4) is 5.75 Å². The maximum Gasteiger partial charge on any atom is 0.409 e. The molecule has 0 aromatic heterocycles. The summed E-state index contributed by atoms with van der Waals surface area (Å²) in [4.78, 5) is 18.2. The van der Waals surface area contributed by atoms with Crippen LogP contribution in [-0.2, 0) is 11.3 Å². The van der Waals surface area contributed by atoms with Crippen LogP contribution in [0.1, 0.15) is 32.3 Å². The van der Waals surface area contributed by atoms with Gasteiger partial charge in [0.15, 0.2) is 5.96 Å². The van der Waals surface area contributed by atoms with E-state index >= 15 is 0 Å². The lowest BCUT2D eigenvalue weighted by Crippen LogP contribution is -2.49. The number of aliphatic imine (C=N–C) groups is 1. The number of ether oxygens (including phenoxy) is 2. The van der Waals surface area contributed by atoms with Gasteiger partial charge in [-0.15, -0.1) is 0 Å². The van der Waals surface area contributed by atoms with Crippen LogP contribution in [0.3, 0.4) is 0 Å². The number of benzene rings is 1. The summed E-state index contributed by atoms with van der Waals surface area (Å²) in [5.41, 5.74) is 1.10. The first kappa shape index (κ1) is 19.9. The molecule has 0 saturated carbocycles. The van der Waals surface area contributed by atoms with Gasteiger partial charge >= 0.3 is 6.09 Å². The molecule has 0 aliphatic carbocycles. The third-order valence-corrected chi connectivity index (χ3v) is 4.26. The van der Waals surface area contributed by atoms with Gasteiger partial charge in [-0.25, -0.2) is 9.79 Å². The second kappa shape index (κ2) is 10.5. The van der Waals surface area contributed by atoms with Crippen LogP contribution in [0.2, 0.25) is 0 Å². The molecule has 1 saturated heterocycles. The lowest BCUT2D eigenvalue weighted by Gasteiger charge is -2.32. The molecule has 1 aliphatic heterocycles. The third-order valence-electron chi connectivity index (χ3n) is 4.26. The monoisotopic (exact) mass is 362 g/mol. The van der Waals surface area contributed by atoms with E-state index in [9.17, 15) is 4.79 Å². The van der Waals surface area contributed by atoms with E-state index in [0.29, 0.717) is 32.3 Å². The quantitative estimate of drug-likeness (QED) is 0.600. The topological polar surface area (TPSA) is 75.2 Å². The highest BCUT2D eigenvalue weighted by atomic mass is 16.6. The van der Waals surface area contributed by atoms with E-state index in [-0.39, 0.29) is 6.09 Å². The molecule has 2 N–H and O–H groups in total. The Morgan fingerprint density at radius 2 is 2.08 bits per heavy atom. The van der Waals surface area contributed by atoms with Crippen LogP contribution in [0.25, 0.3) is 0 Å². The van der Waals surface area contributed by atoms with Crippen LogP contribution in [-0.4, -0.2) is 56.3 Å². The van der Waals surface area contributed by atoms with E-state index in [1.165, 1.54) is 0 Å². The van der Waals surface area contributed by atoms with Gasteiger partial charge in [0.25, 0.3) is 0 Å². The third kappa shape index (κ3) is 6.13. The normalized spacial score (nSPS) is 15.5. The van der Waals surface area contributed by atoms with Crippen LogP contribution >= 0.6 is 0 Å². The molecule has 1 amide bonds. The Hall–Kier alpha value is -2.44. The van der Waals surface area contributed by atoms with Crippen molar-refractivity contribution in [1.82, 2.24) is 15.5 Å². The number of piperidine rings is 1. The Balaban J connectivity index is 1.88. The van der Waals surface area contributed by atoms with Gasteiger partial charge in [-0.2, -0.15) is 0 Å². The number of hydrogen-bond donors (Lipinski definition) is 2. The Morgan fingerprint density at radius 1 is 1.31 bits per heavy atom. The number of hydrogen-bond acceptors (Lipinski definition) is 4. The summed E-state index contributed by atoms with van der Waals surface area (Å²) in [7, 11) is 1.66. The van der Waals surface area contributed by atoms with Gasteiger partial charge in [0.1, 0.15) is 5.75 Å². The summed E-state index contributed by atoms with van der Waals surface area (Å²) in [6.45, 7) is 7.07. The molecular formula is C19H30N4O3. The minimum Gasteiger partial charge on any atom is -0.497 e. The summed E-state index contributed by atoms with van der Waals surface area (Å²) in [5.74, 6) is 1.63. The van der Waals surface area contributed by atoms with Gasteiger partial charge in [-0.1, -0.05) is 12.1 Å². The SMILES string of the molecule is CCNC(=NCc1cccc(OC)c1)NC1CCN(C(=O)OCC)CC1. The Bertz CT molecular complexity index is 598. The van der Waals surface area contributed by atoms with Gasteiger partial charge in [-0.3, -0.25) is 0 Å². The predicted molar refractivity (Wildman–Crippen MR) is 103 cm³/mol. The van der Waals surface area contributed by atoms with E-state index in [1.807, 2.05) is 38.1 Å². The highest BCUT2D eigenvalue weighted by Crippen LogP contribution is 2.14. The van der Waals surface area contributed by atoms with Gasteiger partial charge < -0.3 is 25.0 Å². The minimum atomic E-state index is -0.218. The number of amides is 1. The summed E-state index contributed by atoms with van der Waals surface area (Å²) in [5, 5.41) is 6.76. The van der Waals surface area contributed by atoms with Crippen molar-refractivity contribution in [3.63, 3.8) is 0 Å². The number of carbonyl (C=O) groups excluding carboxylic acids is 1. The maximum atomic E-state index is 11.8. The smallest absolute Gasteiger partial charge is 0.409 e. The average molecular weight is 362 g/mol. The van der Waals surface area contributed by atoms with Gasteiger partial charge in [-0.05, 0) is 44.4 Å². The molecule has 0 bridgehead atoms. The van der Waals surface area contributed by atoms with Gasteiger partial charge in [0, 0.05) is 25.7 Å². The number of guanidine groups is 1. The van der Waals surface area contributed by atoms with Crippen LogP contribution in [0.4, 0.5) is 4.79 Å². The fraction of sp³-hybridized carbons (Fsp3) is 0.579. The summed E-state index contributed by atoms with van der Waals surface area (Å²) in [6.07, 6.45) is 1.54. The van der Waals surface area contributed by atoms with Crippen molar-refractivity contribution in [2.45, 2.75) is 39.3 Å². The van der Waals surface area contributed by atoms with Crippen LogP contribution in [0.15, 0.2) is 29.3 Å². The van der Waals surface area contributed by atoms with Crippen LogP contribution in [0, 0.1) is 0 Å². The molecule has 0 radical (unpaired) electrons.